The second-order valence-corrected chi connectivity index (χ2v) is 7.27. The number of rotatable bonds is 8. The molecule has 0 heterocycles. The molecule has 1 aliphatic rings. The number of nitrogens with one attached hydrogen (secondary N) is 2. The van der Waals surface area contributed by atoms with E-state index in [1.807, 2.05) is 0 Å². The Balaban J connectivity index is 1.80. The molecule has 1 saturated carbocycles. The highest BCUT2D eigenvalue weighted by Gasteiger charge is 2.42. The van der Waals surface area contributed by atoms with Crippen LogP contribution in [0.15, 0.2) is 36.4 Å². The Morgan fingerprint density at radius 2 is 1.12 bits per heavy atom. The standard InChI is InChI=1S/C23H26N2O7/c1-29-14-5-7-20(31-3)18(11-14)24-22(27)16-9-13(26)10-17(16)23(28)25-19-12-15(30-2)6-8-21(19)32-4/h5-8,11-12,16-17H,9-10H2,1-4H3,(H,24,27)(H,25,28)/t16-,17-/m1/s1. The highest BCUT2D eigenvalue weighted by atomic mass is 16.5. The van der Waals surface area contributed by atoms with Crippen molar-refractivity contribution in [2.45, 2.75) is 12.8 Å². The second-order valence-electron chi connectivity index (χ2n) is 7.27. The Hall–Kier alpha value is -3.75. The van der Waals surface area contributed by atoms with Crippen molar-refractivity contribution in [3.8, 4) is 23.0 Å². The Labute approximate surface area is 186 Å². The predicted molar refractivity (Wildman–Crippen MR) is 118 cm³/mol. The van der Waals surface area contributed by atoms with E-state index in [9.17, 15) is 14.4 Å². The molecule has 0 saturated heterocycles. The maximum atomic E-state index is 13.0. The normalized spacial score (nSPS) is 17.4. The lowest BCUT2D eigenvalue weighted by Gasteiger charge is -2.20. The van der Waals surface area contributed by atoms with Gasteiger partial charge in [-0.2, -0.15) is 0 Å². The molecule has 3 rings (SSSR count). The van der Waals surface area contributed by atoms with Gasteiger partial charge in [0, 0.05) is 25.0 Å². The lowest BCUT2D eigenvalue weighted by molar-refractivity contribution is -0.128. The summed E-state index contributed by atoms with van der Waals surface area (Å²) < 4.78 is 21.0. The highest BCUT2D eigenvalue weighted by molar-refractivity contribution is 6.06. The third-order valence-electron chi connectivity index (χ3n) is 5.38. The molecule has 2 aromatic rings. The first-order chi connectivity index (χ1) is 15.4. The minimum Gasteiger partial charge on any atom is -0.497 e. The molecule has 0 unspecified atom stereocenters. The van der Waals surface area contributed by atoms with Crippen LogP contribution in [0.1, 0.15) is 12.8 Å². The van der Waals surface area contributed by atoms with Crippen LogP contribution in [0.5, 0.6) is 23.0 Å². The lowest BCUT2D eigenvalue weighted by Crippen LogP contribution is -2.33. The average molecular weight is 442 g/mol. The van der Waals surface area contributed by atoms with Crippen molar-refractivity contribution < 1.29 is 33.3 Å². The molecule has 9 nitrogen and oxygen atoms in total. The number of carbonyl (C=O) groups is 3. The van der Waals surface area contributed by atoms with Gasteiger partial charge in [-0.1, -0.05) is 0 Å². The Bertz CT molecular complexity index is 942. The zero-order valence-electron chi connectivity index (χ0n) is 18.4. The van der Waals surface area contributed by atoms with Gasteiger partial charge in [-0.05, 0) is 24.3 Å². The van der Waals surface area contributed by atoms with Crippen LogP contribution < -0.4 is 29.6 Å². The molecule has 9 heteroatoms. The first-order valence-electron chi connectivity index (χ1n) is 9.97. The monoisotopic (exact) mass is 442 g/mol. The molecule has 0 radical (unpaired) electrons. The number of carbonyl (C=O) groups excluding carboxylic acids is 3. The number of methoxy groups -OCH3 is 4. The maximum absolute atomic E-state index is 13.0. The zero-order chi connectivity index (χ0) is 23.3. The van der Waals surface area contributed by atoms with Crippen LogP contribution in [-0.4, -0.2) is 46.0 Å². The van der Waals surface area contributed by atoms with Crippen molar-refractivity contribution in [3.63, 3.8) is 0 Å². The molecule has 0 aliphatic heterocycles. The minimum atomic E-state index is -0.824. The van der Waals surface area contributed by atoms with E-state index in [4.69, 9.17) is 18.9 Å². The Morgan fingerprint density at radius 3 is 1.47 bits per heavy atom. The van der Waals surface area contributed by atoms with E-state index in [1.165, 1.54) is 28.4 Å². The molecule has 2 N–H and O–H groups in total. The third kappa shape index (κ3) is 4.93. The van der Waals surface area contributed by atoms with Gasteiger partial charge in [-0.25, -0.2) is 0 Å². The Kier molecular flexibility index (Phi) is 7.19. The topological polar surface area (TPSA) is 112 Å². The van der Waals surface area contributed by atoms with Gasteiger partial charge in [0.15, 0.2) is 0 Å². The molecule has 1 aliphatic carbocycles. The van der Waals surface area contributed by atoms with Gasteiger partial charge in [-0.3, -0.25) is 14.4 Å². The van der Waals surface area contributed by atoms with Crippen molar-refractivity contribution in [2.75, 3.05) is 39.1 Å². The minimum absolute atomic E-state index is 0.0224. The number of Topliss-reactive ketones (excluding diaryl/α,β-unsaturated/α-hetero) is 1. The summed E-state index contributed by atoms with van der Waals surface area (Å²) in [7, 11) is 5.98. The first kappa shape index (κ1) is 22.9. The molecule has 0 bridgehead atoms. The third-order valence-corrected chi connectivity index (χ3v) is 5.38. The number of hydrogen-bond donors (Lipinski definition) is 2. The zero-order valence-corrected chi connectivity index (χ0v) is 18.4. The summed E-state index contributed by atoms with van der Waals surface area (Å²) in [5.74, 6) is -0.756. The molecule has 32 heavy (non-hydrogen) atoms. The van der Waals surface area contributed by atoms with E-state index >= 15 is 0 Å². The summed E-state index contributed by atoms with van der Waals surface area (Å²) >= 11 is 0. The van der Waals surface area contributed by atoms with Crippen molar-refractivity contribution in [3.05, 3.63) is 36.4 Å². The van der Waals surface area contributed by atoms with Gasteiger partial charge in [0.25, 0.3) is 0 Å². The number of hydrogen-bond acceptors (Lipinski definition) is 7. The van der Waals surface area contributed by atoms with Crippen LogP contribution in [0.25, 0.3) is 0 Å². The summed E-state index contributed by atoms with van der Waals surface area (Å²) in [4.78, 5) is 38.2. The van der Waals surface area contributed by atoms with Crippen molar-refractivity contribution in [1.29, 1.82) is 0 Å². The van der Waals surface area contributed by atoms with Gasteiger partial charge in [-0.15, -0.1) is 0 Å². The van der Waals surface area contributed by atoms with Crippen LogP contribution >= 0.6 is 0 Å². The maximum Gasteiger partial charge on any atom is 0.228 e. The van der Waals surface area contributed by atoms with Gasteiger partial charge >= 0.3 is 0 Å². The number of benzene rings is 2. The van der Waals surface area contributed by atoms with Crippen LogP contribution in [0.3, 0.4) is 0 Å². The van der Waals surface area contributed by atoms with Gasteiger partial charge in [0.05, 0.1) is 51.6 Å². The van der Waals surface area contributed by atoms with E-state index in [0.717, 1.165) is 0 Å². The van der Waals surface area contributed by atoms with Gasteiger partial charge < -0.3 is 29.6 Å². The molecule has 2 amide bonds. The fourth-order valence-corrected chi connectivity index (χ4v) is 3.68. The molecular formula is C23H26N2O7. The smallest absolute Gasteiger partial charge is 0.228 e. The summed E-state index contributed by atoms with van der Waals surface area (Å²) in [6.45, 7) is 0. The second kappa shape index (κ2) is 10.0. The van der Waals surface area contributed by atoms with Gasteiger partial charge in [0.2, 0.25) is 11.8 Å². The van der Waals surface area contributed by atoms with Crippen molar-refractivity contribution in [2.24, 2.45) is 11.8 Å². The fraction of sp³-hybridized carbons (Fsp3) is 0.348. The van der Waals surface area contributed by atoms with Crippen LogP contribution in [0.2, 0.25) is 0 Å². The highest BCUT2D eigenvalue weighted by Crippen LogP contribution is 2.36. The first-order valence-corrected chi connectivity index (χ1v) is 9.97. The van der Waals surface area contributed by atoms with E-state index in [2.05, 4.69) is 10.6 Å². The molecule has 2 aromatic carbocycles. The Morgan fingerprint density at radius 1 is 0.719 bits per heavy atom. The average Bonchev–Trinajstić information content (AvgIpc) is 3.20. The molecule has 0 spiro atoms. The predicted octanol–water partition coefficient (Wildman–Crippen LogP) is 2.89. The van der Waals surface area contributed by atoms with E-state index in [1.54, 1.807) is 36.4 Å². The molecule has 2 atom stereocenters. The molecule has 170 valence electrons. The lowest BCUT2D eigenvalue weighted by atomic mass is 9.94. The van der Waals surface area contributed by atoms with Crippen molar-refractivity contribution >= 4 is 29.0 Å². The van der Waals surface area contributed by atoms with Crippen LogP contribution in [0.4, 0.5) is 11.4 Å². The number of ether oxygens (including phenoxy) is 4. The van der Waals surface area contributed by atoms with Crippen LogP contribution in [-0.2, 0) is 14.4 Å². The quantitative estimate of drug-likeness (QED) is 0.646. The van der Waals surface area contributed by atoms with E-state index in [-0.39, 0.29) is 18.6 Å². The largest absolute Gasteiger partial charge is 0.497 e. The molecule has 0 aromatic heterocycles. The van der Waals surface area contributed by atoms with Gasteiger partial charge in [0.1, 0.15) is 28.8 Å². The summed E-state index contributed by atoms with van der Waals surface area (Å²) in [5, 5.41) is 5.53. The summed E-state index contributed by atoms with van der Waals surface area (Å²) in [6, 6.07) is 9.95. The SMILES string of the molecule is COc1ccc(OC)c(NC(=O)[C@@H]2CC(=O)C[C@H]2C(=O)Nc2cc(OC)ccc2OC)c1. The van der Waals surface area contributed by atoms with Crippen LogP contribution in [0, 0.1) is 11.8 Å². The molecular weight excluding hydrogens is 416 g/mol. The summed E-state index contributed by atoms with van der Waals surface area (Å²) in [6.07, 6.45) is -0.0447. The van der Waals surface area contributed by atoms with E-state index < -0.39 is 23.7 Å². The molecule has 1 fully saturated rings. The number of ketones is 1. The summed E-state index contributed by atoms with van der Waals surface area (Å²) in [5.41, 5.74) is 0.787. The van der Waals surface area contributed by atoms with Crippen molar-refractivity contribution in [1.82, 2.24) is 0 Å². The van der Waals surface area contributed by atoms with E-state index in [0.29, 0.717) is 34.4 Å². The fourth-order valence-electron chi connectivity index (χ4n) is 3.68. The number of anilines is 2. The number of amides is 2.